The highest BCUT2D eigenvalue weighted by Crippen LogP contribution is 2.51. The Hall–Kier alpha value is -2.95. The molecule has 5 rings (SSSR count). The van der Waals surface area contributed by atoms with Crippen LogP contribution in [-0.2, 0) is 12.0 Å². The van der Waals surface area contributed by atoms with Crippen molar-refractivity contribution in [2.75, 3.05) is 12.1 Å². The molecule has 0 fully saturated rings. The number of rotatable bonds is 2. The summed E-state index contributed by atoms with van der Waals surface area (Å²) in [4.78, 5) is 15.0. The molecule has 27 heavy (non-hydrogen) atoms. The second-order valence-electron chi connectivity index (χ2n) is 7.56. The van der Waals surface area contributed by atoms with Gasteiger partial charge in [-0.1, -0.05) is 17.7 Å². The van der Waals surface area contributed by atoms with E-state index in [0.717, 1.165) is 41.3 Å². The van der Waals surface area contributed by atoms with Crippen LogP contribution < -0.4 is 20.3 Å². The Morgan fingerprint density at radius 1 is 1.22 bits per heavy atom. The van der Waals surface area contributed by atoms with E-state index in [4.69, 9.17) is 9.47 Å². The monoisotopic (exact) mass is 362 g/mol. The predicted molar refractivity (Wildman–Crippen MR) is 104 cm³/mol. The number of aromatic amines is 1. The summed E-state index contributed by atoms with van der Waals surface area (Å²) in [5, 5.41) is 3.80. The Kier molecular flexibility index (Phi) is 3.47. The van der Waals surface area contributed by atoms with Crippen molar-refractivity contribution >= 4 is 5.69 Å². The third-order valence-corrected chi connectivity index (χ3v) is 5.85. The van der Waals surface area contributed by atoms with Gasteiger partial charge in [-0.05, 0) is 50.5 Å². The molecule has 0 radical (unpaired) electrons. The van der Waals surface area contributed by atoms with E-state index in [2.05, 4.69) is 36.3 Å². The Morgan fingerprint density at radius 2 is 2.07 bits per heavy atom. The maximum absolute atomic E-state index is 11.9. The number of hydrogen-bond acceptors (Lipinski definition) is 4. The zero-order valence-electron chi connectivity index (χ0n) is 15.5. The van der Waals surface area contributed by atoms with E-state index in [-0.39, 0.29) is 23.8 Å². The molecule has 1 aromatic carbocycles. The number of aromatic nitrogens is 1. The average Bonchev–Trinajstić information content (AvgIpc) is 3.08. The van der Waals surface area contributed by atoms with Gasteiger partial charge in [-0.15, -0.1) is 0 Å². The quantitative estimate of drug-likeness (QED) is 0.796. The molecule has 5 nitrogen and oxygen atoms in total. The number of hydrogen-bond donors (Lipinski definition) is 2. The third-order valence-electron chi connectivity index (χ3n) is 5.85. The molecule has 2 aromatic rings. The molecule has 138 valence electrons. The summed E-state index contributed by atoms with van der Waals surface area (Å²) >= 11 is 0. The van der Waals surface area contributed by atoms with Crippen LogP contribution in [0.5, 0.6) is 11.5 Å². The topological polar surface area (TPSA) is 63.4 Å². The first-order valence-electron chi connectivity index (χ1n) is 9.33. The molecule has 1 aromatic heterocycles. The van der Waals surface area contributed by atoms with E-state index < -0.39 is 0 Å². The molecule has 0 unspecified atom stereocenters. The molecule has 0 amide bonds. The van der Waals surface area contributed by atoms with Crippen LogP contribution in [0.2, 0.25) is 0 Å². The summed E-state index contributed by atoms with van der Waals surface area (Å²) < 4.78 is 11.0. The second kappa shape index (κ2) is 5.78. The van der Waals surface area contributed by atoms with Gasteiger partial charge in [-0.25, -0.2) is 0 Å². The van der Waals surface area contributed by atoms with Gasteiger partial charge in [0.25, 0.3) is 0 Å². The van der Waals surface area contributed by atoms with Gasteiger partial charge >= 0.3 is 0 Å². The zero-order chi connectivity index (χ0) is 18.6. The highest BCUT2D eigenvalue weighted by molar-refractivity contribution is 5.62. The zero-order valence-corrected chi connectivity index (χ0v) is 15.5. The lowest BCUT2D eigenvalue weighted by molar-refractivity contribution is 0.174. The van der Waals surface area contributed by atoms with Crippen LogP contribution in [0.4, 0.5) is 5.69 Å². The van der Waals surface area contributed by atoms with Crippen molar-refractivity contribution in [1.29, 1.82) is 0 Å². The molecule has 3 aliphatic rings. The van der Waals surface area contributed by atoms with Crippen LogP contribution in [0.15, 0.2) is 58.4 Å². The Balaban J connectivity index is 1.68. The minimum absolute atomic E-state index is 0.0466. The lowest BCUT2D eigenvalue weighted by Gasteiger charge is -2.48. The fourth-order valence-corrected chi connectivity index (χ4v) is 4.91. The van der Waals surface area contributed by atoms with E-state index in [0.29, 0.717) is 0 Å². The summed E-state index contributed by atoms with van der Waals surface area (Å²) in [7, 11) is 0. The minimum Gasteiger partial charge on any atom is -0.454 e. The van der Waals surface area contributed by atoms with E-state index in [9.17, 15) is 4.79 Å². The van der Waals surface area contributed by atoms with Gasteiger partial charge < -0.3 is 19.8 Å². The number of H-pyrrole nitrogens is 1. The van der Waals surface area contributed by atoms with Crippen molar-refractivity contribution in [1.82, 2.24) is 4.98 Å². The normalized spacial score (nSPS) is 26.5. The van der Waals surface area contributed by atoms with Crippen LogP contribution in [0.3, 0.4) is 0 Å². The van der Waals surface area contributed by atoms with Gasteiger partial charge in [-0.3, -0.25) is 4.79 Å². The number of anilines is 1. The third kappa shape index (κ3) is 2.41. The predicted octanol–water partition coefficient (Wildman–Crippen LogP) is 3.88. The maximum Gasteiger partial charge on any atom is 0.248 e. The molecule has 0 saturated carbocycles. The lowest BCUT2D eigenvalue weighted by atomic mass is 9.63. The lowest BCUT2D eigenvalue weighted by Crippen LogP contribution is -2.47. The van der Waals surface area contributed by atoms with Gasteiger partial charge in [0, 0.05) is 35.0 Å². The van der Waals surface area contributed by atoms with Gasteiger partial charge in [-0.2, -0.15) is 0 Å². The molecular weight excluding hydrogens is 340 g/mol. The van der Waals surface area contributed by atoms with Gasteiger partial charge in [0.15, 0.2) is 11.5 Å². The highest BCUT2D eigenvalue weighted by atomic mass is 16.7. The molecule has 0 saturated heterocycles. The number of pyridine rings is 1. The summed E-state index contributed by atoms with van der Waals surface area (Å²) in [6, 6.07) is 9.57. The van der Waals surface area contributed by atoms with Gasteiger partial charge in [0.1, 0.15) is 0 Å². The van der Waals surface area contributed by atoms with E-state index >= 15 is 0 Å². The Bertz CT molecular complexity index is 1050. The molecule has 2 atom stereocenters. The number of nitrogens with one attached hydrogen (secondary N) is 2. The molecule has 2 bridgehead atoms. The molecule has 1 aliphatic heterocycles. The number of benzene rings is 1. The summed E-state index contributed by atoms with van der Waals surface area (Å²) in [5.74, 6) is 1.82. The smallest absolute Gasteiger partial charge is 0.248 e. The van der Waals surface area contributed by atoms with Crippen LogP contribution in [0.1, 0.15) is 31.5 Å². The minimum atomic E-state index is -0.371. The SMILES string of the molecule is C/C=C1\[C@H]2C=C(C)C[C@]1(Nc1ccc3c(c1)OCO3)c1ccc(=O)[nH]c1C2. The standard InChI is InChI=1S/C22H22N2O3/c1-3-16-14-8-13(2)11-22(16,17-5-7-21(25)23-18(17)9-14)24-15-4-6-19-20(10-15)27-12-26-19/h3-8,10,14,24H,9,11-12H2,1-2H3,(H,23,25)/b16-3+/t14-,22+/m0/s1. The second-order valence-corrected chi connectivity index (χ2v) is 7.56. The first-order valence-corrected chi connectivity index (χ1v) is 9.33. The highest BCUT2D eigenvalue weighted by Gasteiger charge is 2.46. The summed E-state index contributed by atoms with van der Waals surface area (Å²) in [6.45, 7) is 4.55. The molecule has 5 heteroatoms. The molecular formula is C22H22N2O3. The largest absolute Gasteiger partial charge is 0.454 e. The Morgan fingerprint density at radius 3 is 2.93 bits per heavy atom. The molecule has 2 heterocycles. The molecule has 2 aliphatic carbocycles. The van der Waals surface area contributed by atoms with Crippen LogP contribution >= 0.6 is 0 Å². The van der Waals surface area contributed by atoms with E-state index in [1.807, 2.05) is 24.3 Å². The van der Waals surface area contributed by atoms with Crippen LogP contribution in [0, 0.1) is 5.92 Å². The summed E-state index contributed by atoms with van der Waals surface area (Å²) in [5.41, 5.74) is 5.44. The number of fused-ring (bicyclic) bond motifs is 5. The molecule has 0 spiro atoms. The Labute approximate surface area is 157 Å². The van der Waals surface area contributed by atoms with Crippen LogP contribution in [-0.4, -0.2) is 11.8 Å². The molecule has 2 N–H and O–H groups in total. The maximum atomic E-state index is 11.9. The van der Waals surface area contributed by atoms with Crippen molar-refractivity contribution in [3.63, 3.8) is 0 Å². The summed E-state index contributed by atoms with van der Waals surface area (Å²) in [6.07, 6.45) is 6.24. The van der Waals surface area contributed by atoms with Crippen molar-refractivity contribution < 1.29 is 9.47 Å². The van der Waals surface area contributed by atoms with Gasteiger partial charge in [0.05, 0.1) is 5.54 Å². The number of ether oxygens (including phenoxy) is 2. The first kappa shape index (κ1) is 16.2. The van der Waals surface area contributed by atoms with E-state index in [1.54, 1.807) is 6.07 Å². The fraction of sp³-hybridized carbons (Fsp3) is 0.318. The van der Waals surface area contributed by atoms with Crippen molar-refractivity contribution in [3.05, 3.63) is 75.2 Å². The van der Waals surface area contributed by atoms with Crippen molar-refractivity contribution in [2.24, 2.45) is 5.92 Å². The van der Waals surface area contributed by atoms with E-state index in [1.165, 1.54) is 11.1 Å². The number of allylic oxidation sites excluding steroid dienone is 2. The fourth-order valence-electron chi connectivity index (χ4n) is 4.91. The van der Waals surface area contributed by atoms with Gasteiger partial charge in [0.2, 0.25) is 12.4 Å². The average molecular weight is 362 g/mol. The van der Waals surface area contributed by atoms with Crippen molar-refractivity contribution in [3.8, 4) is 11.5 Å². The van der Waals surface area contributed by atoms with Crippen molar-refractivity contribution in [2.45, 2.75) is 32.2 Å². The van der Waals surface area contributed by atoms with Crippen LogP contribution in [0.25, 0.3) is 0 Å². The first-order chi connectivity index (χ1) is 13.1.